The van der Waals surface area contributed by atoms with Gasteiger partial charge in [0.2, 0.25) is 0 Å². The quantitative estimate of drug-likeness (QED) is 0.578. The van der Waals surface area contributed by atoms with Crippen LogP contribution in [0.15, 0.2) is 24.8 Å². The van der Waals surface area contributed by atoms with Gasteiger partial charge in [-0.15, -0.1) is 13.2 Å². The number of rotatable bonds is 0. The van der Waals surface area contributed by atoms with Crippen molar-refractivity contribution in [3.63, 3.8) is 0 Å². The van der Waals surface area contributed by atoms with Crippen LogP contribution in [-0.4, -0.2) is 0 Å². The van der Waals surface area contributed by atoms with Gasteiger partial charge < -0.3 is 22.9 Å². The van der Waals surface area contributed by atoms with Crippen LogP contribution in [0.3, 0.4) is 0 Å². The molecule has 0 aliphatic heterocycles. The van der Waals surface area contributed by atoms with Gasteiger partial charge in [-0.25, -0.2) is 0 Å². The van der Waals surface area contributed by atoms with Gasteiger partial charge in [0.05, 0.1) is 0 Å². The Morgan fingerprint density at radius 1 is 0.778 bits per heavy atom. The molecule has 0 unspecified atom stereocenters. The minimum absolute atomic E-state index is 0. The van der Waals surface area contributed by atoms with E-state index in [2.05, 4.69) is 13.2 Å². The van der Waals surface area contributed by atoms with Crippen LogP contribution in [0, 0.1) is 0 Å². The first-order valence-corrected chi connectivity index (χ1v) is 1.71. The number of hydrogen-bond acceptors (Lipinski definition) is 0. The van der Waals surface area contributed by atoms with Crippen molar-refractivity contribution in [3.05, 3.63) is 47.7 Å². The number of hydrogen-bond donors (Lipinski definition) is 0. The fourth-order valence-corrected chi connectivity index (χ4v) is 0. The second-order valence-electron chi connectivity index (χ2n) is 0.957. The van der Waals surface area contributed by atoms with Crippen molar-refractivity contribution in [2.75, 3.05) is 0 Å². The standard InChI is InChI=1S/2C2H4N2.Zr/c2*1-2(3)4;/h2*3-4H,1H2;/q2*-2;+4. The Balaban J connectivity index is -0.0000000720. The van der Waals surface area contributed by atoms with E-state index in [1.165, 1.54) is 0 Å². The normalized spacial score (nSPS) is 5.33. The van der Waals surface area contributed by atoms with Gasteiger partial charge in [0.25, 0.3) is 0 Å². The van der Waals surface area contributed by atoms with E-state index in [-0.39, 0.29) is 37.8 Å². The summed E-state index contributed by atoms with van der Waals surface area (Å²) in [5, 5.41) is 0. The number of nitrogens with one attached hydrogen (secondary N) is 4. The molecule has 0 aliphatic rings. The molecule has 9 heavy (non-hydrogen) atoms. The Hall–Kier alpha value is -0.437. The third kappa shape index (κ3) is 1230. The predicted molar refractivity (Wildman–Crippen MR) is 35.6 cm³/mol. The van der Waals surface area contributed by atoms with Gasteiger partial charge >= 0.3 is 26.2 Å². The van der Waals surface area contributed by atoms with E-state index in [1.807, 2.05) is 0 Å². The predicted octanol–water partition coefficient (Wildman–Crippen LogP) is 3.12. The second-order valence-corrected chi connectivity index (χ2v) is 0.957. The minimum atomic E-state index is -0.333. The van der Waals surface area contributed by atoms with Crippen molar-refractivity contribution in [1.82, 2.24) is 0 Å². The summed E-state index contributed by atoms with van der Waals surface area (Å²) in [7, 11) is 0. The van der Waals surface area contributed by atoms with E-state index >= 15 is 0 Å². The molecule has 0 saturated heterocycles. The van der Waals surface area contributed by atoms with Crippen molar-refractivity contribution >= 4 is 0 Å². The average molecular weight is 203 g/mol. The Kier molecular flexibility index (Phi) is 18.5. The van der Waals surface area contributed by atoms with Crippen LogP contribution in [0.2, 0.25) is 0 Å². The van der Waals surface area contributed by atoms with Crippen molar-refractivity contribution in [1.29, 1.82) is 0 Å². The van der Waals surface area contributed by atoms with Crippen molar-refractivity contribution in [2.24, 2.45) is 0 Å². The zero-order valence-electron chi connectivity index (χ0n) is 4.91. The molecule has 0 aromatic heterocycles. The molecule has 0 aromatic carbocycles. The molecule has 0 heterocycles. The molecule has 0 amide bonds. The summed E-state index contributed by atoms with van der Waals surface area (Å²) in [5.41, 5.74) is 24.2. The van der Waals surface area contributed by atoms with E-state index in [1.54, 1.807) is 0 Å². The summed E-state index contributed by atoms with van der Waals surface area (Å²) in [5.74, 6) is -0.667. The van der Waals surface area contributed by atoms with E-state index in [0.29, 0.717) is 0 Å². The fourth-order valence-electron chi connectivity index (χ4n) is 0. The molecule has 0 atom stereocenters. The maximum absolute atomic E-state index is 6.06. The van der Waals surface area contributed by atoms with Crippen LogP contribution in [-0.2, 0) is 26.2 Å². The summed E-state index contributed by atoms with van der Waals surface area (Å²) >= 11 is 0. The summed E-state index contributed by atoms with van der Waals surface area (Å²) in [6, 6.07) is 0. The van der Waals surface area contributed by atoms with Crippen LogP contribution >= 0.6 is 0 Å². The van der Waals surface area contributed by atoms with E-state index in [9.17, 15) is 0 Å². The van der Waals surface area contributed by atoms with E-state index < -0.39 is 0 Å². The van der Waals surface area contributed by atoms with Crippen molar-refractivity contribution in [2.45, 2.75) is 0 Å². The molecular weight excluding hydrogens is 195 g/mol. The zero-order valence-corrected chi connectivity index (χ0v) is 7.37. The molecule has 0 aliphatic carbocycles. The zero-order chi connectivity index (χ0) is 7.15. The maximum Gasteiger partial charge on any atom is 4.00 e. The summed E-state index contributed by atoms with van der Waals surface area (Å²) in [6.07, 6.45) is 0. The Labute approximate surface area is 74.1 Å². The molecule has 0 radical (unpaired) electrons. The Morgan fingerprint density at radius 2 is 0.778 bits per heavy atom. The molecular formula is C4H8N4Zr. The summed E-state index contributed by atoms with van der Waals surface area (Å²) in [6.45, 7) is 5.78. The third-order valence-electron chi connectivity index (χ3n) is 0. The minimum Gasteiger partial charge on any atom is -0.719 e. The molecule has 0 rings (SSSR count). The summed E-state index contributed by atoms with van der Waals surface area (Å²) in [4.78, 5) is 0. The van der Waals surface area contributed by atoms with Crippen molar-refractivity contribution < 1.29 is 26.2 Å². The first-order valence-electron chi connectivity index (χ1n) is 1.71. The third-order valence-corrected chi connectivity index (χ3v) is 0. The Bertz CT molecular complexity index is 70.6. The molecule has 5 heteroatoms. The summed E-state index contributed by atoms with van der Waals surface area (Å²) < 4.78 is 0. The van der Waals surface area contributed by atoms with Gasteiger partial charge in [-0.1, -0.05) is 0 Å². The van der Waals surface area contributed by atoms with Gasteiger partial charge in [-0.2, -0.15) is 0 Å². The smallest absolute Gasteiger partial charge is 0.719 e. The van der Waals surface area contributed by atoms with E-state index in [0.717, 1.165) is 0 Å². The van der Waals surface area contributed by atoms with Crippen LogP contribution in [0.25, 0.3) is 22.9 Å². The average Bonchev–Trinajstić information content (AvgIpc) is 1.25. The molecule has 4 N–H and O–H groups in total. The molecule has 0 aromatic rings. The van der Waals surface area contributed by atoms with Crippen molar-refractivity contribution in [3.8, 4) is 0 Å². The van der Waals surface area contributed by atoms with Gasteiger partial charge in [-0.3, -0.25) is 11.6 Å². The van der Waals surface area contributed by atoms with Crippen LogP contribution < -0.4 is 0 Å². The monoisotopic (exact) mass is 202 g/mol. The Morgan fingerprint density at radius 3 is 0.778 bits per heavy atom. The first-order chi connectivity index (χ1) is 3.46. The van der Waals surface area contributed by atoms with Gasteiger partial charge in [-0.05, 0) is 0 Å². The molecule has 48 valence electrons. The molecule has 4 nitrogen and oxygen atoms in total. The molecule has 0 spiro atoms. The molecule has 0 fully saturated rings. The van der Waals surface area contributed by atoms with Gasteiger partial charge in [0, 0.05) is 0 Å². The maximum atomic E-state index is 6.06. The fraction of sp³-hybridized carbons (Fsp3) is 0. The molecule has 0 bridgehead atoms. The molecule has 0 saturated carbocycles. The van der Waals surface area contributed by atoms with Crippen LogP contribution in [0.1, 0.15) is 0 Å². The van der Waals surface area contributed by atoms with E-state index in [4.69, 9.17) is 22.9 Å². The van der Waals surface area contributed by atoms with Crippen LogP contribution in [0.4, 0.5) is 0 Å². The van der Waals surface area contributed by atoms with Gasteiger partial charge in [0.1, 0.15) is 0 Å². The van der Waals surface area contributed by atoms with Crippen LogP contribution in [0.5, 0.6) is 0 Å². The topological polar surface area (TPSA) is 95.2 Å². The second kappa shape index (κ2) is 10.5. The SMILES string of the molecule is C=C([NH-])[NH-].C=C([NH-])[NH-].[Zr+4]. The largest absolute Gasteiger partial charge is 4.00 e. The first kappa shape index (κ1) is 15.8. The van der Waals surface area contributed by atoms with Gasteiger partial charge in [0.15, 0.2) is 0 Å².